The Labute approximate surface area is 168 Å². The van der Waals surface area contributed by atoms with Gasteiger partial charge in [-0.15, -0.1) is 0 Å². The summed E-state index contributed by atoms with van der Waals surface area (Å²) in [5.41, 5.74) is 0. The summed E-state index contributed by atoms with van der Waals surface area (Å²) in [5, 5.41) is 2.81. The minimum absolute atomic E-state index is 0.159. The number of methoxy groups -OCH3 is 1. The Morgan fingerprint density at radius 2 is 1.86 bits per heavy atom. The summed E-state index contributed by atoms with van der Waals surface area (Å²) in [5.74, 6) is 0.307. The lowest BCUT2D eigenvalue weighted by atomic mass is 9.95. The second-order valence-corrected chi connectivity index (χ2v) is 9.06. The molecule has 1 atom stereocenters. The molecular formula is C20H32N2O5S. The van der Waals surface area contributed by atoms with E-state index in [1.165, 1.54) is 4.31 Å². The number of ether oxygens (including phenoxy) is 2. The van der Waals surface area contributed by atoms with Crippen molar-refractivity contribution in [1.82, 2.24) is 9.62 Å². The Kier molecular flexibility index (Phi) is 8.72. The second-order valence-electron chi connectivity index (χ2n) is 7.17. The van der Waals surface area contributed by atoms with E-state index in [1.54, 1.807) is 31.4 Å². The van der Waals surface area contributed by atoms with Gasteiger partial charge in [-0.05, 0) is 51.0 Å². The molecule has 0 heterocycles. The van der Waals surface area contributed by atoms with Gasteiger partial charge in [-0.1, -0.05) is 19.3 Å². The summed E-state index contributed by atoms with van der Waals surface area (Å²) >= 11 is 0. The lowest BCUT2D eigenvalue weighted by molar-refractivity contribution is -0.122. The van der Waals surface area contributed by atoms with Crippen molar-refractivity contribution in [3.63, 3.8) is 0 Å². The van der Waals surface area contributed by atoms with Crippen LogP contribution < -0.4 is 10.1 Å². The number of rotatable bonds is 10. The van der Waals surface area contributed by atoms with Gasteiger partial charge in [-0.25, -0.2) is 8.42 Å². The standard InChI is InChI=1S/C20H32N2O5S/c1-4-27-18-10-12-19(13-11-18)28(24,25)22(17-8-6-5-7-9-17)14-20(23)21-16(2)15-26-3/h10-13,16-17H,4-9,14-15H2,1-3H3,(H,21,23)/t16-/m1/s1. The van der Waals surface area contributed by atoms with E-state index in [2.05, 4.69) is 5.32 Å². The Balaban J connectivity index is 2.22. The molecule has 0 bridgehead atoms. The lowest BCUT2D eigenvalue weighted by Gasteiger charge is -2.33. The number of nitrogens with one attached hydrogen (secondary N) is 1. The first-order chi connectivity index (χ1) is 13.4. The number of sulfonamides is 1. The summed E-state index contributed by atoms with van der Waals surface area (Å²) in [6.45, 7) is 4.40. The molecular weight excluding hydrogens is 380 g/mol. The first-order valence-electron chi connectivity index (χ1n) is 9.91. The average Bonchev–Trinajstić information content (AvgIpc) is 2.67. The summed E-state index contributed by atoms with van der Waals surface area (Å²) in [7, 11) is -2.23. The predicted octanol–water partition coefficient (Wildman–Crippen LogP) is 2.56. The SMILES string of the molecule is CCOc1ccc(S(=O)(=O)N(CC(=O)N[C@H](C)COC)C2CCCCC2)cc1. The van der Waals surface area contributed by atoms with Crippen LogP contribution in [0.25, 0.3) is 0 Å². The molecule has 7 nitrogen and oxygen atoms in total. The van der Waals surface area contributed by atoms with Crippen LogP contribution in [0.1, 0.15) is 46.0 Å². The molecule has 1 amide bonds. The molecule has 28 heavy (non-hydrogen) atoms. The first kappa shape index (κ1) is 22.6. The Bertz CT molecular complexity index is 715. The van der Waals surface area contributed by atoms with E-state index in [9.17, 15) is 13.2 Å². The summed E-state index contributed by atoms with van der Waals surface area (Å²) < 4.78 is 38.5. The molecule has 1 N–H and O–H groups in total. The van der Waals surface area contributed by atoms with Crippen molar-refractivity contribution in [2.24, 2.45) is 0 Å². The Hall–Kier alpha value is -1.64. The van der Waals surface area contributed by atoms with Crippen LogP contribution in [0.4, 0.5) is 0 Å². The number of carbonyl (C=O) groups excluding carboxylic acids is 1. The third kappa shape index (κ3) is 6.18. The maximum absolute atomic E-state index is 13.3. The van der Waals surface area contributed by atoms with Gasteiger partial charge in [0.15, 0.2) is 0 Å². The van der Waals surface area contributed by atoms with Gasteiger partial charge >= 0.3 is 0 Å². The van der Waals surface area contributed by atoms with E-state index < -0.39 is 10.0 Å². The van der Waals surface area contributed by atoms with Gasteiger partial charge in [0.1, 0.15) is 5.75 Å². The highest BCUT2D eigenvalue weighted by atomic mass is 32.2. The van der Waals surface area contributed by atoms with E-state index in [0.29, 0.717) is 19.0 Å². The van der Waals surface area contributed by atoms with Gasteiger partial charge in [-0.3, -0.25) is 4.79 Å². The minimum atomic E-state index is -3.79. The molecule has 158 valence electrons. The van der Waals surface area contributed by atoms with Crippen LogP contribution in [0, 0.1) is 0 Å². The third-order valence-corrected chi connectivity index (χ3v) is 6.76. The van der Waals surface area contributed by atoms with Gasteiger partial charge in [0.05, 0.1) is 24.7 Å². The van der Waals surface area contributed by atoms with E-state index in [0.717, 1.165) is 32.1 Å². The van der Waals surface area contributed by atoms with Crippen LogP contribution in [0.2, 0.25) is 0 Å². The van der Waals surface area contributed by atoms with Crippen LogP contribution in [-0.4, -0.2) is 57.6 Å². The fourth-order valence-corrected chi connectivity index (χ4v) is 5.18. The van der Waals surface area contributed by atoms with Crippen LogP contribution in [0.15, 0.2) is 29.2 Å². The van der Waals surface area contributed by atoms with Crippen molar-refractivity contribution >= 4 is 15.9 Å². The van der Waals surface area contributed by atoms with Gasteiger partial charge in [0, 0.05) is 19.2 Å². The number of hydrogen-bond acceptors (Lipinski definition) is 5. The summed E-state index contributed by atoms with van der Waals surface area (Å²) in [4.78, 5) is 12.7. The molecule has 0 unspecified atom stereocenters. The molecule has 8 heteroatoms. The van der Waals surface area contributed by atoms with Crippen LogP contribution in [0.5, 0.6) is 5.75 Å². The van der Waals surface area contributed by atoms with E-state index in [-0.39, 0.29) is 29.4 Å². The summed E-state index contributed by atoms with van der Waals surface area (Å²) in [6.07, 6.45) is 4.60. The van der Waals surface area contributed by atoms with E-state index in [4.69, 9.17) is 9.47 Å². The van der Waals surface area contributed by atoms with Crippen molar-refractivity contribution in [1.29, 1.82) is 0 Å². The molecule has 2 rings (SSSR count). The van der Waals surface area contributed by atoms with Crippen molar-refractivity contribution in [3.8, 4) is 5.75 Å². The minimum Gasteiger partial charge on any atom is -0.494 e. The monoisotopic (exact) mass is 412 g/mol. The third-order valence-electron chi connectivity index (χ3n) is 4.85. The van der Waals surface area contributed by atoms with Crippen molar-refractivity contribution < 1.29 is 22.7 Å². The number of amides is 1. The fraction of sp³-hybridized carbons (Fsp3) is 0.650. The number of carbonyl (C=O) groups is 1. The van der Waals surface area contributed by atoms with Crippen LogP contribution in [0.3, 0.4) is 0 Å². The van der Waals surface area contributed by atoms with Gasteiger partial charge < -0.3 is 14.8 Å². The maximum Gasteiger partial charge on any atom is 0.243 e. The zero-order valence-corrected chi connectivity index (χ0v) is 17.8. The highest BCUT2D eigenvalue weighted by molar-refractivity contribution is 7.89. The smallest absolute Gasteiger partial charge is 0.243 e. The Morgan fingerprint density at radius 3 is 2.43 bits per heavy atom. The fourth-order valence-electron chi connectivity index (χ4n) is 3.54. The molecule has 1 fully saturated rings. The molecule has 1 aromatic rings. The van der Waals surface area contributed by atoms with Crippen LogP contribution >= 0.6 is 0 Å². The second kappa shape index (κ2) is 10.8. The molecule has 1 aliphatic rings. The predicted molar refractivity (Wildman–Crippen MR) is 108 cm³/mol. The first-order valence-corrected chi connectivity index (χ1v) is 11.4. The molecule has 0 aliphatic heterocycles. The van der Waals surface area contributed by atoms with Gasteiger partial charge in [0.2, 0.25) is 15.9 Å². The number of hydrogen-bond donors (Lipinski definition) is 1. The normalized spacial score (nSPS) is 16.7. The topological polar surface area (TPSA) is 84.9 Å². The average molecular weight is 413 g/mol. The van der Waals surface area contributed by atoms with Gasteiger partial charge in [-0.2, -0.15) is 4.31 Å². The molecule has 1 aliphatic carbocycles. The molecule has 1 saturated carbocycles. The van der Waals surface area contributed by atoms with Crippen molar-refractivity contribution in [2.75, 3.05) is 26.9 Å². The molecule has 0 aromatic heterocycles. The Morgan fingerprint density at radius 1 is 1.21 bits per heavy atom. The van der Waals surface area contributed by atoms with E-state index in [1.807, 2.05) is 13.8 Å². The molecule has 0 spiro atoms. The molecule has 1 aromatic carbocycles. The molecule has 0 radical (unpaired) electrons. The van der Waals surface area contributed by atoms with Crippen molar-refractivity contribution in [2.45, 2.75) is 62.9 Å². The zero-order valence-electron chi connectivity index (χ0n) is 17.0. The highest BCUT2D eigenvalue weighted by Crippen LogP contribution is 2.28. The highest BCUT2D eigenvalue weighted by Gasteiger charge is 2.34. The largest absolute Gasteiger partial charge is 0.494 e. The maximum atomic E-state index is 13.3. The number of nitrogens with zero attached hydrogens (tertiary/aromatic N) is 1. The van der Waals surface area contributed by atoms with Crippen molar-refractivity contribution in [3.05, 3.63) is 24.3 Å². The lowest BCUT2D eigenvalue weighted by Crippen LogP contribution is -2.49. The molecule has 0 saturated heterocycles. The zero-order chi connectivity index (χ0) is 20.6. The quantitative estimate of drug-likeness (QED) is 0.638. The number of benzene rings is 1. The summed E-state index contributed by atoms with van der Waals surface area (Å²) in [6, 6.07) is 6.04. The van der Waals surface area contributed by atoms with E-state index >= 15 is 0 Å². The van der Waals surface area contributed by atoms with Crippen LogP contribution in [-0.2, 0) is 19.6 Å². The van der Waals surface area contributed by atoms with Gasteiger partial charge in [0.25, 0.3) is 0 Å².